The highest BCUT2D eigenvalue weighted by molar-refractivity contribution is 7.99. The Morgan fingerprint density at radius 2 is 2.25 bits per heavy atom. The van der Waals surface area contributed by atoms with Crippen molar-refractivity contribution in [2.24, 2.45) is 0 Å². The Hall–Kier alpha value is -1.37. The zero-order valence-electron chi connectivity index (χ0n) is 11.0. The summed E-state index contributed by atoms with van der Waals surface area (Å²) in [6.07, 6.45) is 2.01. The summed E-state index contributed by atoms with van der Waals surface area (Å²) in [6.45, 7) is 3.68. The third kappa shape index (κ3) is 2.59. The van der Waals surface area contributed by atoms with Crippen molar-refractivity contribution in [3.8, 4) is 0 Å². The maximum atomic E-state index is 13.8. The molecule has 2 heterocycles. The zero-order valence-corrected chi connectivity index (χ0v) is 12.6. The molecule has 1 aromatic carbocycles. The van der Waals surface area contributed by atoms with E-state index in [4.69, 9.17) is 0 Å². The van der Waals surface area contributed by atoms with Gasteiger partial charge in [-0.15, -0.1) is 11.3 Å². The minimum atomic E-state index is -0.205. The molecule has 104 valence electrons. The summed E-state index contributed by atoms with van der Waals surface area (Å²) in [4.78, 5) is 6.15. The predicted molar refractivity (Wildman–Crippen MR) is 81.0 cm³/mol. The van der Waals surface area contributed by atoms with Gasteiger partial charge in [0.05, 0.1) is 5.69 Å². The molecule has 3 nitrogen and oxygen atoms in total. The number of thiazole rings is 1. The van der Waals surface area contributed by atoms with Gasteiger partial charge in [0, 0.05) is 23.0 Å². The lowest BCUT2D eigenvalue weighted by Gasteiger charge is -2.05. The van der Waals surface area contributed by atoms with Crippen molar-refractivity contribution in [3.05, 3.63) is 47.4 Å². The average Bonchev–Trinajstić information content (AvgIpc) is 3.00. The van der Waals surface area contributed by atoms with Crippen LogP contribution in [0.4, 0.5) is 4.39 Å². The van der Waals surface area contributed by atoms with Crippen molar-refractivity contribution in [2.45, 2.75) is 23.4 Å². The lowest BCUT2D eigenvalue weighted by atomic mass is 10.3. The van der Waals surface area contributed by atoms with Crippen LogP contribution in [0.2, 0.25) is 0 Å². The van der Waals surface area contributed by atoms with E-state index in [2.05, 4.69) is 21.6 Å². The maximum absolute atomic E-state index is 13.8. The number of aromatic nitrogens is 2. The zero-order chi connectivity index (χ0) is 13.9. The summed E-state index contributed by atoms with van der Waals surface area (Å²) in [7, 11) is 0. The predicted octanol–water partition coefficient (Wildman–Crippen LogP) is 3.80. The fraction of sp³-hybridized carbons (Fsp3) is 0.214. The standard InChI is InChI=1S/C14H14FN3S2/c1-2-16-9-11-13(17-14-18(11)7-8-19-14)20-12-6-4-3-5-10(12)15/h3-8,16H,2,9H2,1H3. The van der Waals surface area contributed by atoms with Crippen LogP contribution in [-0.2, 0) is 6.54 Å². The lowest BCUT2D eigenvalue weighted by Crippen LogP contribution is -2.13. The normalized spacial score (nSPS) is 11.3. The molecule has 3 aromatic rings. The van der Waals surface area contributed by atoms with Gasteiger partial charge in [0.1, 0.15) is 10.8 Å². The van der Waals surface area contributed by atoms with Crippen LogP contribution in [0.1, 0.15) is 12.6 Å². The number of hydrogen-bond donors (Lipinski definition) is 1. The first-order valence-corrected chi connectivity index (χ1v) is 8.06. The van der Waals surface area contributed by atoms with Gasteiger partial charge < -0.3 is 5.32 Å². The van der Waals surface area contributed by atoms with Gasteiger partial charge in [0.2, 0.25) is 0 Å². The highest BCUT2D eigenvalue weighted by Gasteiger charge is 2.15. The van der Waals surface area contributed by atoms with Crippen LogP contribution in [0, 0.1) is 5.82 Å². The Balaban J connectivity index is 1.97. The number of nitrogens with one attached hydrogen (secondary N) is 1. The molecule has 0 amide bonds. The van der Waals surface area contributed by atoms with Crippen LogP contribution < -0.4 is 5.32 Å². The second-order valence-electron chi connectivity index (χ2n) is 4.23. The summed E-state index contributed by atoms with van der Waals surface area (Å²) in [5.41, 5.74) is 1.08. The first-order chi connectivity index (χ1) is 9.79. The lowest BCUT2D eigenvalue weighted by molar-refractivity contribution is 0.601. The van der Waals surface area contributed by atoms with E-state index in [0.29, 0.717) is 4.90 Å². The minimum Gasteiger partial charge on any atom is -0.311 e. The molecule has 2 aromatic heterocycles. The van der Waals surface area contributed by atoms with E-state index in [1.165, 1.54) is 17.8 Å². The number of fused-ring (bicyclic) bond motifs is 1. The Morgan fingerprint density at radius 3 is 3.05 bits per heavy atom. The highest BCUT2D eigenvalue weighted by Crippen LogP contribution is 2.33. The highest BCUT2D eigenvalue weighted by atomic mass is 32.2. The summed E-state index contributed by atoms with van der Waals surface area (Å²) in [5, 5.41) is 6.18. The van der Waals surface area contributed by atoms with E-state index < -0.39 is 0 Å². The van der Waals surface area contributed by atoms with Crippen molar-refractivity contribution in [3.63, 3.8) is 0 Å². The number of halogens is 1. The summed E-state index contributed by atoms with van der Waals surface area (Å²) in [6, 6.07) is 6.80. The number of nitrogens with zero attached hydrogens (tertiary/aromatic N) is 2. The van der Waals surface area contributed by atoms with Crippen molar-refractivity contribution in [2.75, 3.05) is 6.54 Å². The van der Waals surface area contributed by atoms with Gasteiger partial charge in [-0.05, 0) is 18.7 Å². The molecule has 0 atom stereocenters. The molecule has 0 aliphatic carbocycles. The minimum absolute atomic E-state index is 0.205. The quantitative estimate of drug-likeness (QED) is 0.777. The second-order valence-corrected chi connectivity index (χ2v) is 6.14. The van der Waals surface area contributed by atoms with Gasteiger partial charge in [-0.3, -0.25) is 4.40 Å². The molecule has 0 aliphatic heterocycles. The Kier molecular flexibility index (Phi) is 4.05. The van der Waals surface area contributed by atoms with Crippen LogP contribution in [0.15, 0.2) is 45.8 Å². The van der Waals surface area contributed by atoms with Crippen LogP contribution in [-0.4, -0.2) is 15.9 Å². The molecule has 0 bridgehead atoms. The third-order valence-corrected chi connectivity index (χ3v) is 4.74. The molecule has 0 fully saturated rings. The molecule has 20 heavy (non-hydrogen) atoms. The molecule has 0 spiro atoms. The summed E-state index contributed by atoms with van der Waals surface area (Å²) < 4.78 is 15.8. The number of imidazole rings is 1. The molecule has 1 N–H and O–H groups in total. The second kappa shape index (κ2) is 5.95. The maximum Gasteiger partial charge on any atom is 0.194 e. The van der Waals surface area contributed by atoms with E-state index >= 15 is 0 Å². The fourth-order valence-corrected chi connectivity index (χ4v) is 3.66. The molecular formula is C14H14FN3S2. The van der Waals surface area contributed by atoms with Crippen molar-refractivity contribution in [1.29, 1.82) is 0 Å². The van der Waals surface area contributed by atoms with Gasteiger partial charge >= 0.3 is 0 Å². The fourth-order valence-electron chi connectivity index (χ4n) is 1.93. The van der Waals surface area contributed by atoms with Gasteiger partial charge in [0.15, 0.2) is 4.96 Å². The van der Waals surface area contributed by atoms with E-state index in [1.807, 2.05) is 17.6 Å². The van der Waals surface area contributed by atoms with Gasteiger partial charge in [-0.25, -0.2) is 9.37 Å². The average molecular weight is 307 g/mol. The monoisotopic (exact) mass is 307 g/mol. The smallest absolute Gasteiger partial charge is 0.194 e. The molecule has 0 radical (unpaired) electrons. The number of benzene rings is 1. The molecule has 0 saturated carbocycles. The number of hydrogen-bond acceptors (Lipinski definition) is 4. The first-order valence-electron chi connectivity index (χ1n) is 6.37. The number of rotatable bonds is 5. The van der Waals surface area contributed by atoms with Crippen LogP contribution >= 0.6 is 23.1 Å². The molecule has 0 aliphatic rings. The van der Waals surface area contributed by atoms with Crippen molar-refractivity contribution >= 4 is 28.1 Å². The summed E-state index contributed by atoms with van der Waals surface area (Å²) in [5.74, 6) is -0.205. The van der Waals surface area contributed by atoms with Gasteiger partial charge in [0.25, 0.3) is 0 Å². The molecular weight excluding hydrogens is 293 g/mol. The van der Waals surface area contributed by atoms with Crippen LogP contribution in [0.25, 0.3) is 4.96 Å². The Labute approximate surface area is 124 Å². The van der Waals surface area contributed by atoms with Crippen molar-refractivity contribution < 1.29 is 4.39 Å². The summed E-state index contributed by atoms with van der Waals surface area (Å²) >= 11 is 2.97. The Morgan fingerprint density at radius 1 is 1.40 bits per heavy atom. The topological polar surface area (TPSA) is 29.3 Å². The SMILES string of the molecule is CCNCc1c(Sc2ccccc2F)nc2sccn12. The molecule has 0 unspecified atom stereocenters. The molecule has 0 saturated heterocycles. The Bertz CT molecular complexity index is 720. The van der Waals surface area contributed by atoms with Crippen molar-refractivity contribution in [1.82, 2.24) is 14.7 Å². The van der Waals surface area contributed by atoms with Gasteiger partial charge in [-0.1, -0.05) is 30.8 Å². The van der Waals surface area contributed by atoms with Gasteiger partial charge in [-0.2, -0.15) is 0 Å². The van der Waals surface area contributed by atoms with E-state index in [9.17, 15) is 4.39 Å². The molecule has 6 heteroatoms. The third-order valence-electron chi connectivity index (χ3n) is 2.91. The van der Waals surface area contributed by atoms with Crippen LogP contribution in [0.5, 0.6) is 0 Å². The van der Waals surface area contributed by atoms with E-state index in [-0.39, 0.29) is 5.82 Å². The van der Waals surface area contributed by atoms with E-state index in [0.717, 1.165) is 28.8 Å². The van der Waals surface area contributed by atoms with Crippen LogP contribution in [0.3, 0.4) is 0 Å². The van der Waals surface area contributed by atoms with E-state index in [1.54, 1.807) is 23.5 Å². The molecule has 3 rings (SSSR count). The largest absolute Gasteiger partial charge is 0.311 e. The first kappa shape index (κ1) is 13.6.